The number of likely N-dealkylation sites (N-methyl/N-ethyl adjacent to an activating group) is 1. The van der Waals surface area contributed by atoms with E-state index in [1.54, 1.807) is 49.5 Å². The lowest BCUT2D eigenvalue weighted by atomic mass is 10.3. The van der Waals surface area contributed by atoms with Crippen LogP contribution in [0.3, 0.4) is 0 Å². The molecule has 2 aromatic rings. The number of hydrogen-bond acceptors (Lipinski definition) is 2. The van der Waals surface area contributed by atoms with E-state index in [0.29, 0.717) is 31.3 Å². The van der Waals surface area contributed by atoms with Crippen LogP contribution in [-0.4, -0.2) is 32.0 Å². The lowest BCUT2D eigenvalue weighted by Crippen LogP contribution is -3.11. The molecule has 0 saturated heterocycles. The Kier molecular flexibility index (Phi) is 7.08. The summed E-state index contributed by atoms with van der Waals surface area (Å²) in [6.07, 6.45) is 0. The molecule has 0 radical (unpaired) electrons. The van der Waals surface area contributed by atoms with Gasteiger partial charge in [0.2, 0.25) is 0 Å². The van der Waals surface area contributed by atoms with Gasteiger partial charge in [0, 0.05) is 10.7 Å². The average molecular weight is 402 g/mol. The van der Waals surface area contributed by atoms with Crippen LogP contribution >= 0.6 is 34.8 Å². The third kappa shape index (κ3) is 6.21. The van der Waals surface area contributed by atoms with Gasteiger partial charge in [0.15, 0.2) is 13.1 Å². The first-order valence-electron chi connectivity index (χ1n) is 7.45. The van der Waals surface area contributed by atoms with Gasteiger partial charge in [0.1, 0.15) is 0 Å². The lowest BCUT2D eigenvalue weighted by Gasteiger charge is -2.14. The highest BCUT2D eigenvalue weighted by Gasteiger charge is 2.16. The minimum atomic E-state index is -0.285. The van der Waals surface area contributed by atoms with Crippen molar-refractivity contribution in [2.24, 2.45) is 0 Å². The summed E-state index contributed by atoms with van der Waals surface area (Å²) < 4.78 is 0. The minimum absolute atomic E-state index is 0.0928. The second-order valence-corrected chi connectivity index (χ2v) is 6.76. The number of nitrogens with one attached hydrogen (secondary N) is 3. The molecule has 2 aromatic carbocycles. The Morgan fingerprint density at radius 3 is 1.96 bits per heavy atom. The van der Waals surface area contributed by atoms with Gasteiger partial charge in [-0.15, -0.1) is 0 Å². The van der Waals surface area contributed by atoms with Gasteiger partial charge < -0.3 is 15.5 Å². The van der Waals surface area contributed by atoms with Crippen molar-refractivity contribution in [2.45, 2.75) is 0 Å². The first-order chi connectivity index (χ1) is 11.8. The van der Waals surface area contributed by atoms with E-state index < -0.39 is 0 Å². The van der Waals surface area contributed by atoms with E-state index in [9.17, 15) is 9.59 Å². The van der Waals surface area contributed by atoms with Gasteiger partial charge in [-0.1, -0.05) is 40.9 Å². The maximum Gasteiger partial charge on any atom is 0.279 e. The molecule has 3 N–H and O–H groups in total. The predicted octanol–water partition coefficient (Wildman–Crippen LogP) is 2.74. The van der Waals surface area contributed by atoms with Gasteiger partial charge in [-0.3, -0.25) is 9.59 Å². The van der Waals surface area contributed by atoms with Crippen LogP contribution in [0.4, 0.5) is 11.4 Å². The Morgan fingerprint density at radius 2 is 1.40 bits per heavy atom. The average Bonchev–Trinajstić information content (AvgIpc) is 2.53. The molecule has 1 unspecified atom stereocenters. The first kappa shape index (κ1) is 19.5. The third-order valence-corrected chi connectivity index (χ3v) is 4.16. The molecule has 0 aliphatic carbocycles. The second-order valence-electron chi connectivity index (χ2n) is 5.51. The number of quaternary nitrogens is 1. The molecule has 8 heteroatoms. The van der Waals surface area contributed by atoms with Crippen LogP contribution in [-0.2, 0) is 9.59 Å². The van der Waals surface area contributed by atoms with Crippen molar-refractivity contribution in [2.75, 3.05) is 30.8 Å². The van der Waals surface area contributed by atoms with Crippen LogP contribution in [0.25, 0.3) is 0 Å². The Balaban J connectivity index is 1.84. The Labute approximate surface area is 160 Å². The number of amides is 2. The number of benzene rings is 2. The molecular weight excluding hydrogens is 385 g/mol. The predicted molar refractivity (Wildman–Crippen MR) is 102 cm³/mol. The van der Waals surface area contributed by atoms with Gasteiger partial charge in [0.25, 0.3) is 11.8 Å². The molecule has 0 aromatic heterocycles. The Hall–Kier alpha value is -1.79. The van der Waals surface area contributed by atoms with Gasteiger partial charge in [-0.2, -0.15) is 0 Å². The maximum absolute atomic E-state index is 12.1. The topological polar surface area (TPSA) is 62.6 Å². The maximum atomic E-state index is 12.1. The largest absolute Gasteiger partial charge is 0.322 e. The van der Waals surface area contributed by atoms with E-state index in [4.69, 9.17) is 34.8 Å². The number of hydrogen-bond donors (Lipinski definition) is 3. The monoisotopic (exact) mass is 400 g/mol. The molecular formula is C17H17Cl3N3O2+. The highest BCUT2D eigenvalue weighted by Crippen LogP contribution is 2.29. The molecule has 5 nitrogen and oxygen atoms in total. The van der Waals surface area contributed by atoms with Crippen molar-refractivity contribution in [3.8, 4) is 0 Å². The van der Waals surface area contributed by atoms with Crippen molar-refractivity contribution < 1.29 is 14.5 Å². The van der Waals surface area contributed by atoms with Crippen molar-refractivity contribution >= 4 is 58.0 Å². The van der Waals surface area contributed by atoms with E-state index in [1.807, 2.05) is 0 Å². The fourth-order valence-corrected chi connectivity index (χ4v) is 2.77. The number of anilines is 2. The zero-order valence-corrected chi connectivity index (χ0v) is 15.7. The van der Waals surface area contributed by atoms with Crippen molar-refractivity contribution in [3.63, 3.8) is 0 Å². The summed E-state index contributed by atoms with van der Waals surface area (Å²) >= 11 is 17.8. The summed E-state index contributed by atoms with van der Waals surface area (Å²) in [5.41, 5.74) is 1.02. The zero-order valence-electron chi connectivity index (χ0n) is 13.4. The van der Waals surface area contributed by atoms with E-state index in [1.165, 1.54) is 0 Å². The van der Waals surface area contributed by atoms with Crippen LogP contribution in [0.15, 0.2) is 42.5 Å². The van der Waals surface area contributed by atoms with Crippen LogP contribution in [0.2, 0.25) is 15.1 Å². The second kappa shape index (κ2) is 9.06. The third-order valence-electron chi connectivity index (χ3n) is 3.28. The fraction of sp³-hybridized carbons (Fsp3) is 0.176. The fourth-order valence-electron chi connectivity index (χ4n) is 2.15. The lowest BCUT2D eigenvalue weighted by molar-refractivity contribution is -0.862. The van der Waals surface area contributed by atoms with E-state index in [-0.39, 0.29) is 24.9 Å². The number of rotatable bonds is 6. The summed E-state index contributed by atoms with van der Waals surface area (Å²) in [4.78, 5) is 24.8. The van der Waals surface area contributed by atoms with Crippen LogP contribution < -0.4 is 15.5 Å². The Morgan fingerprint density at radius 1 is 0.880 bits per heavy atom. The normalized spacial score (nSPS) is 11.7. The molecule has 0 saturated carbocycles. The number of carbonyl (C=O) groups excluding carboxylic acids is 2. The molecule has 0 fully saturated rings. The number of carbonyl (C=O) groups is 2. The molecule has 1 atom stereocenters. The molecule has 0 spiro atoms. The van der Waals surface area contributed by atoms with E-state index in [2.05, 4.69) is 10.6 Å². The summed E-state index contributed by atoms with van der Waals surface area (Å²) in [5.74, 6) is -0.491. The first-order valence-corrected chi connectivity index (χ1v) is 8.59. The van der Waals surface area contributed by atoms with E-state index in [0.717, 1.165) is 0 Å². The van der Waals surface area contributed by atoms with Gasteiger partial charge in [0.05, 0.1) is 22.8 Å². The van der Waals surface area contributed by atoms with Crippen LogP contribution in [0.1, 0.15) is 0 Å². The smallest absolute Gasteiger partial charge is 0.279 e. The minimum Gasteiger partial charge on any atom is -0.322 e. The van der Waals surface area contributed by atoms with E-state index >= 15 is 0 Å². The van der Waals surface area contributed by atoms with Gasteiger partial charge in [-0.05, 0) is 36.4 Å². The van der Waals surface area contributed by atoms with Crippen molar-refractivity contribution in [1.82, 2.24) is 0 Å². The van der Waals surface area contributed by atoms with Crippen LogP contribution in [0.5, 0.6) is 0 Å². The van der Waals surface area contributed by atoms with Crippen LogP contribution in [0, 0.1) is 0 Å². The molecule has 132 valence electrons. The summed E-state index contributed by atoms with van der Waals surface area (Å²) in [6.45, 7) is 0.224. The highest BCUT2D eigenvalue weighted by atomic mass is 35.5. The molecule has 2 amide bonds. The van der Waals surface area contributed by atoms with Crippen molar-refractivity contribution in [1.29, 1.82) is 0 Å². The summed E-state index contributed by atoms with van der Waals surface area (Å²) in [7, 11) is 1.75. The SMILES string of the molecule is C[NH+](CC(=O)Nc1ccc(Cl)cc1)CC(=O)Nc1c(Cl)cccc1Cl. The molecule has 0 heterocycles. The molecule has 2 rings (SSSR count). The Bertz CT molecular complexity index is 746. The summed E-state index contributed by atoms with van der Waals surface area (Å²) in [5, 5.41) is 6.73. The standard InChI is InChI=1S/C17H16Cl3N3O2/c1-23(9-15(24)21-12-7-5-11(18)6-8-12)10-16(25)22-17-13(19)3-2-4-14(17)20/h2-8H,9-10H2,1H3,(H,21,24)(H,22,25)/p+1. The molecule has 25 heavy (non-hydrogen) atoms. The van der Waals surface area contributed by atoms with Crippen molar-refractivity contribution in [3.05, 3.63) is 57.5 Å². The highest BCUT2D eigenvalue weighted by molar-refractivity contribution is 6.39. The molecule has 0 aliphatic heterocycles. The van der Waals surface area contributed by atoms with Gasteiger partial charge in [-0.25, -0.2) is 0 Å². The summed E-state index contributed by atoms with van der Waals surface area (Å²) in [6, 6.07) is 11.8. The molecule has 0 aliphatic rings. The quantitative estimate of drug-likeness (QED) is 0.697. The van der Waals surface area contributed by atoms with Gasteiger partial charge >= 0.3 is 0 Å². The molecule has 0 bridgehead atoms. The number of halogens is 3. The number of para-hydroxylation sites is 1. The zero-order chi connectivity index (χ0) is 18.4.